The molecule has 2 aromatic rings. The number of phenols is 1. The maximum atomic E-state index is 12.8. The summed E-state index contributed by atoms with van der Waals surface area (Å²) in [5.74, 6) is 0.267. The van der Waals surface area contributed by atoms with Crippen molar-refractivity contribution in [2.75, 3.05) is 6.54 Å². The molecular formula is C16H19N3O2. The molecule has 1 N–H and O–H groups in total. The Labute approximate surface area is 123 Å². The van der Waals surface area contributed by atoms with Gasteiger partial charge in [-0.3, -0.25) is 9.48 Å². The molecule has 1 aromatic carbocycles. The number of carbonyl (C=O) groups excluding carboxylic acids is 1. The van der Waals surface area contributed by atoms with Gasteiger partial charge in [-0.1, -0.05) is 6.07 Å². The van der Waals surface area contributed by atoms with Gasteiger partial charge >= 0.3 is 0 Å². The minimum Gasteiger partial charge on any atom is -0.508 e. The van der Waals surface area contributed by atoms with Crippen molar-refractivity contribution in [1.29, 1.82) is 0 Å². The number of fused-ring (bicyclic) bond motifs is 1. The normalized spacial score (nSPS) is 14.1. The van der Waals surface area contributed by atoms with Gasteiger partial charge in [0.15, 0.2) is 0 Å². The van der Waals surface area contributed by atoms with Crippen LogP contribution in [0.2, 0.25) is 0 Å². The van der Waals surface area contributed by atoms with E-state index in [1.54, 1.807) is 16.8 Å². The van der Waals surface area contributed by atoms with Crippen molar-refractivity contribution in [3.05, 3.63) is 46.3 Å². The first-order valence-corrected chi connectivity index (χ1v) is 7.07. The zero-order chi connectivity index (χ0) is 15.1. The van der Waals surface area contributed by atoms with Crippen LogP contribution < -0.4 is 0 Å². The van der Waals surface area contributed by atoms with Crippen LogP contribution in [0.25, 0.3) is 0 Å². The molecule has 0 atom stereocenters. The van der Waals surface area contributed by atoms with Crippen molar-refractivity contribution in [1.82, 2.24) is 14.7 Å². The smallest absolute Gasteiger partial charge is 0.257 e. The summed E-state index contributed by atoms with van der Waals surface area (Å²) in [6.45, 7) is 5.02. The van der Waals surface area contributed by atoms with E-state index in [9.17, 15) is 9.90 Å². The highest BCUT2D eigenvalue weighted by molar-refractivity contribution is 5.96. The zero-order valence-corrected chi connectivity index (χ0v) is 12.6. The largest absolute Gasteiger partial charge is 0.508 e. The minimum absolute atomic E-state index is 0.0205. The van der Waals surface area contributed by atoms with E-state index in [1.165, 1.54) is 5.56 Å². The van der Waals surface area contributed by atoms with Gasteiger partial charge in [0.25, 0.3) is 5.91 Å². The van der Waals surface area contributed by atoms with Crippen LogP contribution in [0.3, 0.4) is 0 Å². The average molecular weight is 285 g/mol. The third-order valence-electron chi connectivity index (χ3n) is 4.21. The van der Waals surface area contributed by atoms with E-state index in [2.05, 4.69) is 5.10 Å². The molecule has 0 fully saturated rings. The van der Waals surface area contributed by atoms with Crippen LogP contribution in [-0.2, 0) is 20.0 Å². The summed E-state index contributed by atoms with van der Waals surface area (Å²) in [5, 5.41) is 13.9. The monoisotopic (exact) mass is 285 g/mol. The first-order valence-electron chi connectivity index (χ1n) is 7.07. The molecule has 1 amide bonds. The van der Waals surface area contributed by atoms with Crippen LogP contribution in [0.5, 0.6) is 5.75 Å². The topological polar surface area (TPSA) is 58.4 Å². The van der Waals surface area contributed by atoms with Gasteiger partial charge in [-0.2, -0.15) is 5.10 Å². The molecule has 3 rings (SSSR count). The Morgan fingerprint density at radius 1 is 1.29 bits per heavy atom. The summed E-state index contributed by atoms with van der Waals surface area (Å²) in [7, 11) is 1.85. The Bertz CT molecular complexity index is 719. The van der Waals surface area contributed by atoms with Crippen LogP contribution >= 0.6 is 0 Å². The maximum Gasteiger partial charge on any atom is 0.257 e. The molecule has 0 spiro atoms. The summed E-state index contributed by atoms with van der Waals surface area (Å²) in [6.07, 6.45) is 0.819. The van der Waals surface area contributed by atoms with E-state index in [0.717, 1.165) is 23.4 Å². The fourth-order valence-corrected chi connectivity index (χ4v) is 2.96. The zero-order valence-electron chi connectivity index (χ0n) is 12.6. The number of nitrogens with zero attached hydrogens (tertiary/aromatic N) is 3. The predicted octanol–water partition coefficient (Wildman–Crippen LogP) is 1.94. The van der Waals surface area contributed by atoms with E-state index in [4.69, 9.17) is 0 Å². The van der Waals surface area contributed by atoms with Crippen LogP contribution in [0, 0.1) is 13.8 Å². The summed E-state index contributed by atoms with van der Waals surface area (Å²) in [6, 6.07) is 5.39. The first kappa shape index (κ1) is 13.7. The number of phenolic OH excluding ortho intramolecular Hbond substituents is 1. The number of aromatic nitrogens is 2. The van der Waals surface area contributed by atoms with Gasteiger partial charge in [-0.05, 0) is 43.5 Å². The third kappa shape index (κ3) is 2.28. The molecule has 0 saturated carbocycles. The lowest BCUT2D eigenvalue weighted by Crippen LogP contribution is -2.36. The van der Waals surface area contributed by atoms with Crippen molar-refractivity contribution in [2.24, 2.45) is 7.05 Å². The molecule has 110 valence electrons. The Morgan fingerprint density at radius 3 is 2.71 bits per heavy atom. The lowest BCUT2D eigenvalue weighted by molar-refractivity contribution is 0.0733. The predicted molar refractivity (Wildman–Crippen MR) is 79.2 cm³/mol. The molecule has 5 nitrogen and oxygen atoms in total. The molecule has 2 heterocycles. The number of amides is 1. The van der Waals surface area contributed by atoms with Crippen LogP contribution in [0.1, 0.15) is 32.9 Å². The summed E-state index contributed by atoms with van der Waals surface area (Å²) < 4.78 is 1.74. The number of aryl methyl sites for hydroxylation is 2. The van der Waals surface area contributed by atoms with Crippen molar-refractivity contribution < 1.29 is 9.90 Å². The van der Waals surface area contributed by atoms with Crippen molar-refractivity contribution in [3.63, 3.8) is 0 Å². The van der Waals surface area contributed by atoms with Gasteiger partial charge in [0.05, 0.1) is 11.3 Å². The quantitative estimate of drug-likeness (QED) is 0.871. The number of aromatic hydroxyl groups is 1. The highest BCUT2D eigenvalue weighted by atomic mass is 16.3. The molecule has 1 aliphatic rings. The number of hydrogen-bond donors (Lipinski definition) is 1. The second-order valence-electron chi connectivity index (χ2n) is 5.60. The van der Waals surface area contributed by atoms with Gasteiger partial charge in [0.2, 0.25) is 0 Å². The van der Waals surface area contributed by atoms with Crippen molar-refractivity contribution in [2.45, 2.75) is 26.8 Å². The van der Waals surface area contributed by atoms with Crippen LogP contribution in [-0.4, -0.2) is 32.2 Å². The summed E-state index contributed by atoms with van der Waals surface area (Å²) >= 11 is 0. The van der Waals surface area contributed by atoms with Gasteiger partial charge in [-0.25, -0.2) is 0 Å². The second-order valence-corrected chi connectivity index (χ2v) is 5.60. The number of hydrogen-bond acceptors (Lipinski definition) is 3. The molecule has 0 radical (unpaired) electrons. The first-order chi connectivity index (χ1) is 9.97. The Morgan fingerprint density at radius 2 is 2.05 bits per heavy atom. The molecule has 1 aliphatic heterocycles. The van der Waals surface area contributed by atoms with E-state index in [-0.39, 0.29) is 11.7 Å². The molecule has 0 aliphatic carbocycles. The van der Waals surface area contributed by atoms with E-state index < -0.39 is 0 Å². The number of rotatable bonds is 1. The van der Waals surface area contributed by atoms with Crippen LogP contribution in [0.4, 0.5) is 0 Å². The number of carbonyl (C=O) groups is 1. The van der Waals surface area contributed by atoms with E-state index >= 15 is 0 Å². The van der Waals surface area contributed by atoms with Gasteiger partial charge in [0, 0.05) is 25.8 Å². The Balaban J connectivity index is 1.90. The minimum atomic E-state index is 0.0205. The third-order valence-corrected chi connectivity index (χ3v) is 4.21. The van der Waals surface area contributed by atoms with Crippen molar-refractivity contribution in [3.8, 4) is 5.75 Å². The fraction of sp³-hybridized carbons (Fsp3) is 0.375. The van der Waals surface area contributed by atoms with Crippen molar-refractivity contribution >= 4 is 5.91 Å². The SMILES string of the molecule is Cc1nn(C)c(C)c1C(=O)N1CCc2ccc(O)cc2C1. The van der Waals surface area contributed by atoms with E-state index in [1.807, 2.05) is 31.9 Å². The van der Waals surface area contributed by atoms with Gasteiger partial charge in [-0.15, -0.1) is 0 Å². The average Bonchev–Trinajstić information content (AvgIpc) is 2.70. The molecule has 21 heavy (non-hydrogen) atoms. The highest BCUT2D eigenvalue weighted by Crippen LogP contribution is 2.25. The number of benzene rings is 1. The molecule has 0 unspecified atom stereocenters. The van der Waals surface area contributed by atoms with Gasteiger partial charge < -0.3 is 10.0 Å². The summed E-state index contributed by atoms with van der Waals surface area (Å²) in [4.78, 5) is 14.6. The lowest BCUT2D eigenvalue weighted by atomic mass is 9.98. The standard InChI is InChI=1S/C16H19N3O2/c1-10-15(11(2)18(3)17-10)16(21)19-7-6-12-4-5-14(20)8-13(12)9-19/h4-5,8,20H,6-7,9H2,1-3H3. The lowest BCUT2D eigenvalue weighted by Gasteiger charge is -2.29. The molecule has 0 bridgehead atoms. The fourth-order valence-electron chi connectivity index (χ4n) is 2.96. The van der Waals surface area contributed by atoms with Crippen LogP contribution in [0.15, 0.2) is 18.2 Å². The van der Waals surface area contributed by atoms with E-state index in [0.29, 0.717) is 18.7 Å². The second kappa shape index (κ2) is 4.91. The summed E-state index contributed by atoms with van der Waals surface area (Å²) in [5.41, 5.74) is 4.58. The highest BCUT2D eigenvalue weighted by Gasteiger charge is 2.26. The Kier molecular flexibility index (Phi) is 3.20. The molecule has 0 saturated heterocycles. The maximum absolute atomic E-state index is 12.8. The molecular weight excluding hydrogens is 266 g/mol. The van der Waals surface area contributed by atoms with Gasteiger partial charge in [0.1, 0.15) is 5.75 Å². The molecule has 5 heteroatoms. The Hall–Kier alpha value is -2.30. The molecule has 1 aromatic heterocycles.